The number of likely N-dealkylation sites (tertiary alicyclic amines) is 1. The van der Waals surface area contributed by atoms with E-state index in [2.05, 4.69) is 10.3 Å². The molecule has 0 atom stereocenters. The molecule has 0 unspecified atom stereocenters. The van der Waals surface area contributed by atoms with E-state index >= 15 is 0 Å². The maximum absolute atomic E-state index is 12.8. The number of piperidine rings is 1. The number of rotatable bonds is 5. The van der Waals surface area contributed by atoms with Crippen molar-refractivity contribution in [3.8, 4) is 0 Å². The Hall–Kier alpha value is -2.61. The van der Waals surface area contributed by atoms with Gasteiger partial charge in [-0.1, -0.05) is 18.2 Å². The normalized spacial score (nSPS) is 17.8. The minimum Gasteiger partial charge on any atom is -0.370 e. The first kappa shape index (κ1) is 20.7. The molecule has 1 N–H and O–H groups in total. The number of para-hydroxylation sites is 1. The van der Waals surface area contributed by atoms with Crippen LogP contribution in [-0.4, -0.2) is 54.7 Å². The maximum Gasteiger partial charge on any atom is 0.401 e. The predicted octanol–water partition coefficient (Wildman–Crippen LogP) is 3.97. The maximum atomic E-state index is 12.8. The second-order valence-corrected chi connectivity index (χ2v) is 7.98. The first-order valence-corrected chi connectivity index (χ1v) is 10.3. The number of halogens is 3. The zero-order valence-corrected chi connectivity index (χ0v) is 16.7. The Kier molecular flexibility index (Phi) is 5.94. The summed E-state index contributed by atoms with van der Waals surface area (Å²) >= 11 is 0. The number of fused-ring (bicyclic) bond motifs is 1. The molecule has 30 heavy (non-hydrogen) atoms. The fourth-order valence-electron chi connectivity index (χ4n) is 4.18. The van der Waals surface area contributed by atoms with E-state index in [9.17, 15) is 18.0 Å². The molecular formula is C22H25F3N4O. The third kappa shape index (κ3) is 4.92. The van der Waals surface area contributed by atoms with Crippen LogP contribution in [0.4, 0.5) is 24.7 Å². The van der Waals surface area contributed by atoms with Crippen LogP contribution in [0, 0.1) is 5.92 Å². The van der Waals surface area contributed by atoms with Gasteiger partial charge in [0, 0.05) is 25.0 Å². The number of carbonyl (C=O) groups is 1. The minimum absolute atomic E-state index is 0.0592. The van der Waals surface area contributed by atoms with Crippen molar-refractivity contribution in [3.05, 3.63) is 53.7 Å². The summed E-state index contributed by atoms with van der Waals surface area (Å²) in [6.07, 6.45) is -0.234. The van der Waals surface area contributed by atoms with Gasteiger partial charge in [0.1, 0.15) is 5.82 Å². The van der Waals surface area contributed by atoms with Crippen molar-refractivity contribution in [1.82, 2.24) is 9.88 Å². The Morgan fingerprint density at radius 3 is 2.57 bits per heavy atom. The van der Waals surface area contributed by atoms with Gasteiger partial charge in [0.2, 0.25) is 0 Å². The van der Waals surface area contributed by atoms with E-state index in [1.165, 1.54) is 10.5 Å². The quantitative estimate of drug-likeness (QED) is 0.798. The number of aromatic nitrogens is 1. The van der Waals surface area contributed by atoms with Gasteiger partial charge in [-0.25, -0.2) is 4.98 Å². The molecular weight excluding hydrogens is 393 g/mol. The van der Waals surface area contributed by atoms with Gasteiger partial charge in [-0.3, -0.25) is 9.69 Å². The highest BCUT2D eigenvalue weighted by Crippen LogP contribution is 2.29. The molecule has 1 amide bonds. The van der Waals surface area contributed by atoms with Gasteiger partial charge in [0.15, 0.2) is 0 Å². The molecule has 2 aliphatic rings. The molecule has 0 bridgehead atoms. The van der Waals surface area contributed by atoms with Crippen LogP contribution >= 0.6 is 0 Å². The fraction of sp³-hybridized carbons (Fsp3) is 0.455. The van der Waals surface area contributed by atoms with Crippen LogP contribution in [0.15, 0.2) is 42.6 Å². The SMILES string of the molecule is O=C(c1ccc(NCC2CCN(CC(F)(F)F)CC2)nc1)N1CCc2ccccc21. The number of anilines is 2. The van der Waals surface area contributed by atoms with Crippen LogP contribution in [-0.2, 0) is 6.42 Å². The Balaban J connectivity index is 1.27. The topological polar surface area (TPSA) is 48.5 Å². The van der Waals surface area contributed by atoms with E-state index in [0.29, 0.717) is 43.5 Å². The van der Waals surface area contributed by atoms with Gasteiger partial charge < -0.3 is 10.2 Å². The van der Waals surface area contributed by atoms with E-state index in [1.807, 2.05) is 24.3 Å². The first-order valence-electron chi connectivity index (χ1n) is 10.3. The molecule has 2 aliphatic heterocycles. The zero-order valence-electron chi connectivity index (χ0n) is 16.7. The molecule has 8 heteroatoms. The molecule has 1 aromatic carbocycles. The highest BCUT2D eigenvalue weighted by atomic mass is 19.4. The molecule has 5 nitrogen and oxygen atoms in total. The molecule has 1 fully saturated rings. The predicted molar refractivity (Wildman–Crippen MR) is 110 cm³/mol. The number of hydrogen-bond donors (Lipinski definition) is 1. The molecule has 160 valence electrons. The Labute approximate surface area is 173 Å². The first-order chi connectivity index (χ1) is 14.4. The van der Waals surface area contributed by atoms with Gasteiger partial charge in [-0.05, 0) is 62.0 Å². The standard InChI is InChI=1S/C22H25F3N4O/c23-22(24,25)15-28-10-7-16(8-11-28)13-26-20-6-5-18(14-27-20)21(30)29-12-9-17-3-1-2-4-19(17)29/h1-6,14,16H,7-13,15H2,(H,26,27). The molecule has 1 saturated heterocycles. The molecule has 0 spiro atoms. The van der Waals surface area contributed by atoms with Crippen LogP contribution < -0.4 is 10.2 Å². The lowest BCUT2D eigenvalue weighted by atomic mass is 9.97. The van der Waals surface area contributed by atoms with Gasteiger partial charge in [-0.15, -0.1) is 0 Å². The Morgan fingerprint density at radius 2 is 1.87 bits per heavy atom. The molecule has 4 rings (SSSR count). The zero-order chi connectivity index (χ0) is 21.1. The summed E-state index contributed by atoms with van der Waals surface area (Å²) in [7, 11) is 0. The number of pyridine rings is 1. The molecule has 0 saturated carbocycles. The number of carbonyl (C=O) groups excluding carboxylic acids is 1. The monoisotopic (exact) mass is 418 g/mol. The number of amides is 1. The number of nitrogens with one attached hydrogen (secondary N) is 1. The average molecular weight is 418 g/mol. The summed E-state index contributed by atoms with van der Waals surface area (Å²) in [6.45, 7) is 1.44. The lowest BCUT2D eigenvalue weighted by Crippen LogP contribution is -2.41. The molecule has 1 aromatic heterocycles. The second-order valence-electron chi connectivity index (χ2n) is 7.98. The summed E-state index contributed by atoms with van der Waals surface area (Å²) in [5.41, 5.74) is 2.68. The molecule has 0 radical (unpaired) electrons. The summed E-state index contributed by atoms with van der Waals surface area (Å²) in [5.74, 6) is 0.931. The van der Waals surface area contributed by atoms with Gasteiger partial charge in [-0.2, -0.15) is 13.2 Å². The van der Waals surface area contributed by atoms with Gasteiger partial charge >= 0.3 is 6.18 Å². The fourth-order valence-corrected chi connectivity index (χ4v) is 4.18. The van der Waals surface area contributed by atoms with Crippen molar-refractivity contribution in [2.24, 2.45) is 5.92 Å². The Morgan fingerprint density at radius 1 is 1.10 bits per heavy atom. The van der Waals surface area contributed by atoms with Crippen molar-refractivity contribution in [2.45, 2.75) is 25.4 Å². The number of benzene rings is 1. The smallest absolute Gasteiger partial charge is 0.370 e. The average Bonchev–Trinajstić information content (AvgIpc) is 3.16. The third-order valence-corrected chi connectivity index (χ3v) is 5.82. The largest absolute Gasteiger partial charge is 0.401 e. The van der Waals surface area contributed by atoms with Gasteiger partial charge in [0.25, 0.3) is 5.91 Å². The van der Waals surface area contributed by atoms with Crippen molar-refractivity contribution in [3.63, 3.8) is 0 Å². The van der Waals surface area contributed by atoms with Crippen LogP contribution in [0.1, 0.15) is 28.8 Å². The van der Waals surface area contributed by atoms with E-state index in [1.54, 1.807) is 23.2 Å². The van der Waals surface area contributed by atoms with E-state index < -0.39 is 12.7 Å². The number of alkyl halides is 3. The third-order valence-electron chi connectivity index (χ3n) is 5.82. The van der Waals surface area contributed by atoms with Crippen LogP contribution in [0.5, 0.6) is 0 Å². The van der Waals surface area contributed by atoms with Crippen molar-refractivity contribution >= 4 is 17.4 Å². The van der Waals surface area contributed by atoms with Crippen molar-refractivity contribution in [1.29, 1.82) is 0 Å². The van der Waals surface area contributed by atoms with Crippen LogP contribution in [0.3, 0.4) is 0 Å². The lowest BCUT2D eigenvalue weighted by molar-refractivity contribution is -0.148. The van der Waals surface area contributed by atoms with E-state index in [0.717, 1.165) is 24.9 Å². The van der Waals surface area contributed by atoms with Crippen LogP contribution in [0.25, 0.3) is 0 Å². The minimum atomic E-state index is -4.13. The molecule has 2 aromatic rings. The van der Waals surface area contributed by atoms with Crippen molar-refractivity contribution < 1.29 is 18.0 Å². The summed E-state index contributed by atoms with van der Waals surface area (Å²) in [4.78, 5) is 20.4. The van der Waals surface area contributed by atoms with Gasteiger partial charge in [0.05, 0.1) is 12.1 Å². The summed E-state index contributed by atoms with van der Waals surface area (Å²) in [5, 5.41) is 3.25. The van der Waals surface area contributed by atoms with Crippen molar-refractivity contribution in [2.75, 3.05) is 42.9 Å². The highest BCUT2D eigenvalue weighted by Gasteiger charge is 2.32. The Bertz CT molecular complexity index is 877. The molecule has 0 aliphatic carbocycles. The number of hydrogen-bond acceptors (Lipinski definition) is 4. The molecule has 3 heterocycles. The number of nitrogens with zero attached hydrogens (tertiary/aromatic N) is 3. The summed E-state index contributed by atoms with van der Waals surface area (Å²) < 4.78 is 37.4. The lowest BCUT2D eigenvalue weighted by Gasteiger charge is -2.32. The van der Waals surface area contributed by atoms with E-state index in [-0.39, 0.29) is 5.91 Å². The summed E-state index contributed by atoms with van der Waals surface area (Å²) in [6, 6.07) is 11.5. The van der Waals surface area contributed by atoms with Crippen LogP contribution in [0.2, 0.25) is 0 Å². The van der Waals surface area contributed by atoms with E-state index in [4.69, 9.17) is 0 Å². The highest BCUT2D eigenvalue weighted by molar-refractivity contribution is 6.07. The second kappa shape index (κ2) is 8.63.